The maximum Gasteiger partial charge on any atom is 0.152 e. The Bertz CT molecular complexity index is 595. The van der Waals surface area contributed by atoms with Gasteiger partial charge in [-0.05, 0) is 30.9 Å². The highest BCUT2D eigenvalue weighted by Gasteiger charge is 2.20. The molecule has 0 saturated carbocycles. The first-order chi connectivity index (χ1) is 7.66. The van der Waals surface area contributed by atoms with Crippen molar-refractivity contribution in [2.24, 2.45) is 0 Å². The lowest BCUT2D eigenvalue weighted by molar-refractivity contribution is 0.590. The topological polar surface area (TPSA) is 12.9 Å². The monoisotopic (exact) mass is 239 g/mol. The van der Waals surface area contributed by atoms with E-state index in [1.807, 2.05) is 0 Å². The number of pyridine rings is 1. The number of halogens is 3. The van der Waals surface area contributed by atoms with Crippen LogP contribution >= 0.6 is 11.6 Å². The van der Waals surface area contributed by atoms with E-state index in [2.05, 4.69) is 4.98 Å². The summed E-state index contributed by atoms with van der Waals surface area (Å²) in [5.41, 5.74) is 1.97. The molecule has 0 unspecified atom stereocenters. The second-order valence-electron chi connectivity index (χ2n) is 3.99. The summed E-state index contributed by atoms with van der Waals surface area (Å²) >= 11 is 6.16. The van der Waals surface area contributed by atoms with Gasteiger partial charge >= 0.3 is 0 Å². The minimum absolute atomic E-state index is 0.173. The van der Waals surface area contributed by atoms with Crippen molar-refractivity contribution in [2.45, 2.75) is 19.3 Å². The predicted octanol–water partition coefficient (Wildman–Crippen LogP) is 3.66. The Morgan fingerprint density at radius 1 is 1.19 bits per heavy atom. The lowest BCUT2D eigenvalue weighted by Gasteiger charge is -2.07. The third kappa shape index (κ3) is 1.31. The van der Waals surface area contributed by atoms with E-state index in [-0.39, 0.29) is 5.52 Å². The second kappa shape index (κ2) is 3.39. The molecule has 4 heteroatoms. The van der Waals surface area contributed by atoms with Crippen LogP contribution in [0.15, 0.2) is 12.1 Å². The first kappa shape index (κ1) is 9.97. The number of benzene rings is 1. The fraction of sp³-hybridized carbons (Fsp3) is 0.250. The van der Waals surface area contributed by atoms with Gasteiger partial charge in [-0.2, -0.15) is 0 Å². The minimum atomic E-state index is -0.647. The summed E-state index contributed by atoms with van der Waals surface area (Å²) in [7, 11) is 0. The van der Waals surface area contributed by atoms with E-state index in [0.29, 0.717) is 10.4 Å². The SMILES string of the molecule is Fc1cc(F)c2nc3c(c(Cl)c2c1)CCC3. The van der Waals surface area contributed by atoms with Crippen LogP contribution in [0.4, 0.5) is 8.78 Å². The minimum Gasteiger partial charge on any atom is -0.249 e. The number of rotatable bonds is 0. The normalized spacial score (nSPS) is 14.4. The molecule has 1 nitrogen and oxygen atoms in total. The molecular formula is C12H8ClF2N. The quantitative estimate of drug-likeness (QED) is 0.684. The van der Waals surface area contributed by atoms with Gasteiger partial charge in [0.1, 0.15) is 11.3 Å². The Kier molecular flexibility index (Phi) is 2.11. The van der Waals surface area contributed by atoms with Crippen LogP contribution in [-0.4, -0.2) is 4.98 Å². The van der Waals surface area contributed by atoms with Crippen molar-refractivity contribution < 1.29 is 8.78 Å². The molecular weight excluding hydrogens is 232 g/mol. The summed E-state index contributed by atoms with van der Waals surface area (Å²) in [6, 6.07) is 2.08. The number of aryl methyl sites for hydroxylation is 1. The molecule has 0 fully saturated rings. The molecule has 3 rings (SSSR count). The molecule has 0 aliphatic heterocycles. The van der Waals surface area contributed by atoms with Gasteiger partial charge in [0.15, 0.2) is 5.82 Å². The molecule has 2 aromatic rings. The van der Waals surface area contributed by atoms with Crippen molar-refractivity contribution in [3.63, 3.8) is 0 Å². The van der Waals surface area contributed by atoms with E-state index < -0.39 is 11.6 Å². The number of nitrogens with zero attached hydrogens (tertiary/aromatic N) is 1. The van der Waals surface area contributed by atoms with E-state index in [1.54, 1.807) is 0 Å². The summed E-state index contributed by atoms with van der Waals surface area (Å²) < 4.78 is 26.6. The van der Waals surface area contributed by atoms with Gasteiger partial charge in [0.2, 0.25) is 0 Å². The van der Waals surface area contributed by atoms with Gasteiger partial charge in [-0.3, -0.25) is 0 Å². The Morgan fingerprint density at radius 2 is 2.00 bits per heavy atom. The molecule has 0 amide bonds. The van der Waals surface area contributed by atoms with E-state index in [4.69, 9.17) is 11.6 Å². The lowest BCUT2D eigenvalue weighted by atomic mass is 10.1. The van der Waals surface area contributed by atoms with E-state index in [1.165, 1.54) is 6.07 Å². The van der Waals surface area contributed by atoms with Crippen molar-refractivity contribution in [3.05, 3.63) is 40.0 Å². The van der Waals surface area contributed by atoms with Gasteiger partial charge in [-0.1, -0.05) is 11.6 Å². The van der Waals surface area contributed by atoms with Crippen LogP contribution in [0.25, 0.3) is 10.9 Å². The molecule has 1 aliphatic carbocycles. The Morgan fingerprint density at radius 3 is 2.81 bits per heavy atom. The fourth-order valence-electron chi connectivity index (χ4n) is 2.23. The maximum atomic E-state index is 13.5. The highest BCUT2D eigenvalue weighted by molar-refractivity contribution is 6.36. The van der Waals surface area contributed by atoms with E-state index >= 15 is 0 Å². The van der Waals surface area contributed by atoms with Crippen LogP contribution in [-0.2, 0) is 12.8 Å². The maximum absolute atomic E-state index is 13.5. The van der Waals surface area contributed by atoms with E-state index in [0.717, 1.165) is 36.6 Å². The highest BCUT2D eigenvalue weighted by atomic mass is 35.5. The summed E-state index contributed by atoms with van der Waals surface area (Å²) in [6.45, 7) is 0. The molecule has 0 atom stereocenters. The standard InChI is InChI=1S/C12H8ClF2N/c13-11-7-2-1-3-10(7)16-12-8(11)4-6(14)5-9(12)15/h4-5H,1-3H2. The molecule has 16 heavy (non-hydrogen) atoms. The summed E-state index contributed by atoms with van der Waals surface area (Å²) in [6.07, 6.45) is 2.64. The van der Waals surface area contributed by atoms with Crippen LogP contribution in [0.3, 0.4) is 0 Å². The molecule has 1 aromatic carbocycles. The first-order valence-electron chi connectivity index (χ1n) is 5.13. The molecule has 82 valence electrons. The summed E-state index contributed by atoms with van der Waals surface area (Å²) in [4.78, 5) is 4.23. The van der Waals surface area contributed by atoms with Crippen LogP contribution in [0.5, 0.6) is 0 Å². The molecule has 1 heterocycles. The number of fused-ring (bicyclic) bond motifs is 2. The summed E-state index contributed by atoms with van der Waals surface area (Å²) in [5.74, 6) is -1.27. The highest BCUT2D eigenvalue weighted by Crippen LogP contribution is 2.34. The summed E-state index contributed by atoms with van der Waals surface area (Å²) in [5, 5.41) is 0.829. The Labute approximate surface area is 96.1 Å². The predicted molar refractivity (Wildman–Crippen MR) is 58.7 cm³/mol. The van der Waals surface area contributed by atoms with Gasteiger partial charge in [-0.15, -0.1) is 0 Å². The average Bonchev–Trinajstić information content (AvgIpc) is 2.68. The average molecular weight is 240 g/mol. The molecule has 0 radical (unpaired) electrons. The van der Waals surface area contributed by atoms with Crippen molar-refractivity contribution in [1.82, 2.24) is 4.98 Å². The van der Waals surface area contributed by atoms with Crippen LogP contribution in [0.2, 0.25) is 5.02 Å². The molecule has 0 spiro atoms. The van der Waals surface area contributed by atoms with Crippen molar-refractivity contribution >= 4 is 22.5 Å². The van der Waals surface area contributed by atoms with E-state index in [9.17, 15) is 8.78 Å². The Hall–Kier alpha value is -1.22. The lowest BCUT2D eigenvalue weighted by Crippen LogP contribution is -1.95. The van der Waals surface area contributed by atoms with Gasteiger partial charge in [0, 0.05) is 17.1 Å². The fourth-order valence-corrected chi connectivity index (χ4v) is 2.58. The third-order valence-corrected chi connectivity index (χ3v) is 3.40. The molecule has 0 saturated heterocycles. The second-order valence-corrected chi connectivity index (χ2v) is 4.37. The zero-order valence-electron chi connectivity index (χ0n) is 8.36. The Balaban J connectivity index is 2.46. The number of hydrogen-bond donors (Lipinski definition) is 0. The number of aromatic nitrogens is 1. The molecule has 0 bridgehead atoms. The van der Waals surface area contributed by atoms with Crippen molar-refractivity contribution in [3.8, 4) is 0 Å². The van der Waals surface area contributed by atoms with Crippen LogP contribution in [0, 0.1) is 11.6 Å². The largest absolute Gasteiger partial charge is 0.249 e. The van der Waals surface area contributed by atoms with Crippen molar-refractivity contribution in [2.75, 3.05) is 0 Å². The first-order valence-corrected chi connectivity index (χ1v) is 5.50. The zero-order valence-corrected chi connectivity index (χ0v) is 9.11. The smallest absolute Gasteiger partial charge is 0.152 e. The molecule has 1 aromatic heterocycles. The van der Waals surface area contributed by atoms with Gasteiger partial charge in [0.25, 0.3) is 0 Å². The van der Waals surface area contributed by atoms with Gasteiger partial charge in [-0.25, -0.2) is 13.8 Å². The molecule has 0 N–H and O–H groups in total. The van der Waals surface area contributed by atoms with Gasteiger partial charge in [0.05, 0.1) is 5.02 Å². The number of hydrogen-bond acceptors (Lipinski definition) is 1. The van der Waals surface area contributed by atoms with Crippen LogP contribution in [0.1, 0.15) is 17.7 Å². The van der Waals surface area contributed by atoms with Crippen molar-refractivity contribution in [1.29, 1.82) is 0 Å². The zero-order chi connectivity index (χ0) is 11.3. The third-order valence-electron chi connectivity index (χ3n) is 2.97. The van der Waals surface area contributed by atoms with Crippen LogP contribution < -0.4 is 0 Å². The molecule has 1 aliphatic rings. The van der Waals surface area contributed by atoms with Gasteiger partial charge < -0.3 is 0 Å².